The fourth-order valence-corrected chi connectivity index (χ4v) is 2.12. The van der Waals surface area contributed by atoms with Gasteiger partial charge in [-0.3, -0.25) is 0 Å². The lowest BCUT2D eigenvalue weighted by Gasteiger charge is -2.13. The zero-order valence-electron chi connectivity index (χ0n) is 11.4. The van der Waals surface area contributed by atoms with Crippen molar-refractivity contribution in [1.82, 2.24) is 9.97 Å². The molecular formula is C15H11F3N2O2. The Balaban J connectivity index is 2.05. The molecule has 0 saturated carbocycles. The summed E-state index contributed by atoms with van der Waals surface area (Å²) in [6, 6.07) is 11.6. The highest BCUT2D eigenvalue weighted by Gasteiger charge is 2.32. The molecule has 7 heteroatoms. The normalized spacial score (nSPS) is 11.6. The second-order valence-electron chi connectivity index (χ2n) is 4.52. The molecule has 1 aromatic heterocycles. The van der Waals surface area contributed by atoms with Crippen molar-refractivity contribution < 1.29 is 22.6 Å². The van der Waals surface area contributed by atoms with E-state index >= 15 is 0 Å². The third-order valence-corrected chi connectivity index (χ3v) is 3.05. The highest BCUT2D eigenvalue weighted by molar-refractivity contribution is 5.79. The number of hydrogen-bond acceptors (Lipinski definition) is 3. The van der Waals surface area contributed by atoms with Gasteiger partial charge in [0.2, 0.25) is 0 Å². The Hall–Kier alpha value is -2.70. The molecule has 0 fully saturated rings. The van der Waals surface area contributed by atoms with Crippen LogP contribution < -0.4 is 9.47 Å². The first kappa shape index (κ1) is 14.2. The van der Waals surface area contributed by atoms with Crippen molar-refractivity contribution in [1.29, 1.82) is 0 Å². The molecule has 1 N–H and O–H groups in total. The number of nitrogens with zero attached hydrogens (tertiary/aromatic N) is 1. The Kier molecular flexibility index (Phi) is 3.40. The van der Waals surface area contributed by atoms with Crippen molar-refractivity contribution in [2.45, 2.75) is 6.36 Å². The van der Waals surface area contributed by atoms with Crippen molar-refractivity contribution in [2.75, 3.05) is 7.11 Å². The lowest BCUT2D eigenvalue weighted by molar-refractivity contribution is -0.275. The highest BCUT2D eigenvalue weighted by Crippen LogP contribution is 2.35. The van der Waals surface area contributed by atoms with Crippen LogP contribution in [0, 0.1) is 0 Å². The Morgan fingerprint density at radius 2 is 1.82 bits per heavy atom. The minimum atomic E-state index is -4.79. The molecule has 0 amide bonds. The molecule has 3 rings (SSSR count). The van der Waals surface area contributed by atoms with E-state index in [4.69, 9.17) is 4.74 Å². The van der Waals surface area contributed by atoms with E-state index in [2.05, 4.69) is 14.7 Å². The van der Waals surface area contributed by atoms with E-state index in [0.29, 0.717) is 11.4 Å². The van der Waals surface area contributed by atoms with Gasteiger partial charge in [0.05, 0.1) is 18.1 Å². The first-order valence-electron chi connectivity index (χ1n) is 6.35. The molecule has 22 heavy (non-hydrogen) atoms. The Morgan fingerprint density at radius 1 is 1.05 bits per heavy atom. The number of imidazole rings is 1. The van der Waals surface area contributed by atoms with E-state index in [1.54, 1.807) is 6.07 Å². The topological polar surface area (TPSA) is 47.1 Å². The Labute approximate surface area is 123 Å². The molecule has 0 aliphatic carbocycles. The second-order valence-corrected chi connectivity index (χ2v) is 4.52. The van der Waals surface area contributed by atoms with Crippen molar-refractivity contribution >= 4 is 11.0 Å². The fraction of sp³-hybridized carbons (Fsp3) is 0.133. The van der Waals surface area contributed by atoms with Gasteiger partial charge in [0.15, 0.2) is 11.5 Å². The number of alkyl halides is 3. The van der Waals surface area contributed by atoms with E-state index in [0.717, 1.165) is 11.0 Å². The molecule has 0 saturated heterocycles. The molecule has 0 atom stereocenters. The van der Waals surface area contributed by atoms with Gasteiger partial charge in [-0.25, -0.2) is 4.98 Å². The average Bonchev–Trinajstić information content (AvgIpc) is 2.89. The van der Waals surface area contributed by atoms with Gasteiger partial charge in [-0.15, -0.1) is 13.2 Å². The SMILES string of the molecule is COc1ccc(-c2nc3ccccc3[nH]2)cc1OC(F)(F)F. The molecule has 0 radical (unpaired) electrons. The fourth-order valence-electron chi connectivity index (χ4n) is 2.12. The summed E-state index contributed by atoms with van der Waals surface area (Å²) in [7, 11) is 1.28. The molecule has 0 aliphatic rings. The van der Waals surface area contributed by atoms with Crippen molar-refractivity contribution in [3.05, 3.63) is 42.5 Å². The van der Waals surface area contributed by atoms with Crippen molar-refractivity contribution in [2.24, 2.45) is 0 Å². The molecule has 2 aromatic carbocycles. The number of fused-ring (bicyclic) bond motifs is 1. The maximum absolute atomic E-state index is 12.5. The van der Waals surface area contributed by atoms with Crippen molar-refractivity contribution in [3.8, 4) is 22.9 Å². The maximum Gasteiger partial charge on any atom is 0.573 e. The largest absolute Gasteiger partial charge is 0.573 e. The lowest BCUT2D eigenvalue weighted by atomic mass is 10.2. The standard InChI is InChI=1S/C15H11F3N2O2/c1-21-12-7-6-9(8-13(12)22-15(16,17)18)14-19-10-4-2-3-5-11(10)20-14/h2-8H,1H3,(H,19,20). The number of aromatic amines is 1. The number of hydrogen-bond donors (Lipinski definition) is 1. The zero-order valence-corrected chi connectivity index (χ0v) is 11.4. The average molecular weight is 308 g/mol. The van der Waals surface area contributed by atoms with Crippen LogP contribution in [0.2, 0.25) is 0 Å². The lowest BCUT2D eigenvalue weighted by Crippen LogP contribution is -2.17. The van der Waals surface area contributed by atoms with Crippen LogP contribution in [0.25, 0.3) is 22.4 Å². The number of para-hydroxylation sites is 2. The summed E-state index contributed by atoms with van der Waals surface area (Å²) in [4.78, 5) is 7.39. The number of nitrogens with one attached hydrogen (secondary N) is 1. The molecule has 0 bridgehead atoms. The number of rotatable bonds is 3. The Bertz CT molecular complexity index is 779. The smallest absolute Gasteiger partial charge is 0.493 e. The van der Waals surface area contributed by atoms with Gasteiger partial charge in [-0.2, -0.15) is 0 Å². The predicted octanol–water partition coefficient (Wildman–Crippen LogP) is 4.14. The number of methoxy groups -OCH3 is 1. The van der Waals surface area contributed by atoms with Gasteiger partial charge in [0.1, 0.15) is 5.82 Å². The van der Waals surface area contributed by atoms with E-state index in [-0.39, 0.29) is 5.75 Å². The first-order valence-corrected chi connectivity index (χ1v) is 6.35. The Morgan fingerprint density at radius 3 is 2.50 bits per heavy atom. The molecule has 3 aromatic rings. The van der Waals surface area contributed by atoms with Gasteiger partial charge in [-0.1, -0.05) is 12.1 Å². The summed E-state index contributed by atoms with van der Waals surface area (Å²) in [6.45, 7) is 0. The van der Waals surface area contributed by atoms with Gasteiger partial charge in [-0.05, 0) is 30.3 Å². The summed E-state index contributed by atoms with van der Waals surface area (Å²) >= 11 is 0. The van der Waals surface area contributed by atoms with Crippen LogP contribution in [0.5, 0.6) is 11.5 Å². The number of H-pyrrole nitrogens is 1. The summed E-state index contributed by atoms with van der Waals surface area (Å²) in [5, 5.41) is 0. The summed E-state index contributed by atoms with van der Waals surface area (Å²) in [5.74, 6) is 0.0426. The van der Waals surface area contributed by atoms with Crippen LogP contribution in [0.4, 0.5) is 13.2 Å². The molecule has 4 nitrogen and oxygen atoms in total. The van der Waals surface area contributed by atoms with Crippen LogP contribution in [-0.2, 0) is 0 Å². The summed E-state index contributed by atoms with van der Waals surface area (Å²) in [5.41, 5.74) is 1.99. The summed E-state index contributed by atoms with van der Waals surface area (Å²) < 4.78 is 46.3. The second kappa shape index (κ2) is 5.25. The zero-order chi connectivity index (χ0) is 15.7. The first-order chi connectivity index (χ1) is 10.5. The van der Waals surface area contributed by atoms with Crippen LogP contribution in [0.3, 0.4) is 0 Å². The number of ether oxygens (including phenoxy) is 2. The number of aromatic nitrogens is 2. The molecule has 114 valence electrons. The van der Waals surface area contributed by atoms with Gasteiger partial charge in [0, 0.05) is 5.56 Å². The van der Waals surface area contributed by atoms with E-state index in [9.17, 15) is 13.2 Å². The van der Waals surface area contributed by atoms with Crippen molar-refractivity contribution in [3.63, 3.8) is 0 Å². The molecule has 0 unspecified atom stereocenters. The molecule has 0 spiro atoms. The highest BCUT2D eigenvalue weighted by atomic mass is 19.4. The van der Waals surface area contributed by atoms with Gasteiger partial charge < -0.3 is 14.5 Å². The van der Waals surface area contributed by atoms with Crippen LogP contribution in [0.15, 0.2) is 42.5 Å². The summed E-state index contributed by atoms with van der Waals surface area (Å²) in [6.07, 6.45) is -4.79. The molecule has 1 heterocycles. The number of benzene rings is 2. The predicted molar refractivity (Wildman–Crippen MR) is 74.8 cm³/mol. The van der Waals surface area contributed by atoms with Crippen LogP contribution in [-0.4, -0.2) is 23.4 Å². The number of halogens is 3. The van der Waals surface area contributed by atoms with E-state index in [1.165, 1.54) is 19.2 Å². The van der Waals surface area contributed by atoms with Gasteiger partial charge >= 0.3 is 6.36 Å². The quantitative estimate of drug-likeness (QED) is 0.791. The minimum Gasteiger partial charge on any atom is -0.493 e. The third-order valence-electron chi connectivity index (χ3n) is 3.05. The van der Waals surface area contributed by atoms with E-state index < -0.39 is 12.1 Å². The maximum atomic E-state index is 12.5. The van der Waals surface area contributed by atoms with E-state index in [1.807, 2.05) is 24.3 Å². The molecular weight excluding hydrogens is 297 g/mol. The van der Waals surface area contributed by atoms with Crippen LogP contribution in [0.1, 0.15) is 0 Å². The monoisotopic (exact) mass is 308 g/mol. The minimum absolute atomic E-state index is 0.00261. The van der Waals surface area contributed by atoms with Gasteiger partial charge in [0.25, 0.3) is 0 Å². The third kappa shape index (κ3) is 2.83. The van der Waals surface area contributed by atoms with Crippen LogP contribution >= 0.6 is 0 Å². The molecule has 0 aliphatic heterocycles.